The van der Waals surface area contributed by atoms with Crippen LogP contribution in [0.1, 0.15) is 30.9 Å². The highest BCUT2D eigenvalue weighted by molar-refractivity contribution is 6.21. The van der Waals surface area contributed by atoms with E-state index in [4.69, 9.17) is 11.6 Å². The number of halogens is 3. The average Bonchev–Trinajstić information content (AvgIpc) is 3.26. The van der Waals surface area contributed by atoms with Crippen LogP contribution < -0.4 is 16.2 Å². The van der Waals surface area contributed by atoms with Gasteiger partial charge in [-0.2, -0.15) is 0 Å². The Labute approximate surface area is 198 Å². The number of alkyl halides is 3. The van der Waals surface area contributed by atoms with Crippen LogP contribution >= 0.6 is 11.6 Å². The molecule has 0 bridgehead atoms. The van der Waals surface area contributed by atoms with Crippen LogP contribution in [0.5, 0.6) is 0 Å². The van der Waals surface area contributed by atoms with E-state index in [-0.39, 0.29) is 36.2 Å². The SMILES string of the molecule is C[C@H](C1C(F)C(Cl)C(c2ccc3nc(NC(=O)[C@@H]4C[C@@H]4F)cn3c2)C2CNNC21)n1cnnn1. The normalized spacial score (nSPS) is 35.8. The highest BCUT2D eigenvalue weighted by Gasteiger charge is 2.54. The molecule has 6 unspecified atom stereocenters. The molecule has 1 aliphatic heterocycles. The van der Waals surface area contributed by atoms with Crippen molar-refractivity contribution in [3.8, 4) is 0 Å². The highest BCUT2D eigenvalue weighted by Crippen LogP contribution is 2.48. The molecule has 3 aromatic rings. The van der Waals surface area contributed by atoms with Crippen LogP contribution in [0.4, 0.5) is 14.6 Å². The maximum atomic E-state index is 15.9. The standard InChI is InChI=1S/C21H24ClF2N9O/c1-9(33-8-26-30-31-33)16-19(24)18(22)17(12-5-25-29-20(12)16)10-2-3-15-27-14(7-32(15)6-10)28-21(34)11-4-13(11)23/h2-3,6-9,11-13,16-20,25,29H,4-5H2,1H3,(H,28,34)/t9-,11-,12?,13+,16?,17?,18?,19?,20?/m1/s1. The fourth-order valence-electron chi connectivity index (χ4n) is 5.55. The Hall–Kier alpha value is -2.70. The first-order valence-electron chi connectivity index (χ1n) is 11.3. The second-order valence-corrected chi connectivity index (χ2v) is 9.94. The number of carbonyl (C=O) groups excluding carboxylic acids is 1. The fraction of sp³-hybridized carbons (Fsp3) is 0.571. The third-order valence-electron chi connectivity index (χ3n) is 7.46. The molecule has 0 aromatic carbocycles. The molecule has 3 aliphatic rings. The molecule has 3 fully saturated rings. The summed E-state index contributed by atoms with van der Waals surface area (Å²) >= 11 is 6.81. The summed E-state index contributed by atoms with van der Waals surface area (Å²) in [7, 11) is 0. The number of pyridine rings is 1. The summed E-state index contributed by atoms with van der Waals surface area (Å²) in [5.74, 6) is -1.25. The Morgan fingerprint density at radius 3 is 2.88 bits per heavy atom. The maximum absolute atomic E-state index is 15.9. The molecule has 6 rings (SSSR count). The van der Waals surface area contributed by atoms with Crippen LogP contribution in [0.25, 0.3) is 5.65 Å². The Balaban J connectivity index is 1.28. The van der Waals surface area contributed by atoms with E-state index in [1.54, 1.807) is 15.3 Å². The lowest BCUT2D eigenvalue weighted by atomic mass is 9.66. The zero-order valence-electron chi connectivity index (χ0n) is 18.2. The van der Waals surface area contributed by atoms with Gasteiger partial charge in [-0.3, -0.25) is 15.6 Å². The lowest BCUT2D eigenvalue weighted by Gasteiger charge is -2.45. The van der Waals surface area contributed by atoms with E-state index < -0.39 is 29.6 Å². The number of fused-ring (bicyclic) bond motifs is 2. The second-order valence-electron chi connectivity index (χ2n) is 9.44. The van der Waals surface area contributed by atoms with Crippen molar-refractivity contribution in [2.24, 2.45) is 17.8 Å². The van der Waals surface area contributed by atoms with Gasteiger partial charge in [0.25, 0.3) is 0 Å². The van der Waals surface area contributed by atoms with Crippen molar-refractivity contribution in [3.05, 3.63) is 36.4 Å². The van der Waals surface area contributed by atoms with E-state index in [9.17, 15) is 9.18 Å². The molecular formula is C21H24ClF2N9O. The van der Waals surface area contributed by atoms with Crippen LogP contribution in [-0.2, 0) is 4.79 Å². The summed E-state index contributed by atoms with van der Waals surface area (Å²) in [5.41, 5.74) is 7.94. The average molecular weight is 492 g/mol. The zero-order chi connectivity index (χ0) is 23.6. The van der Waals surface area contributed by atoms with Crippen molar-refractivity contribution >= 4 is 29.0 Å². The van der Waals surface area contributed by atoms with Gasteiger partial charge in [0.2, 0.25) is 5.91 Å². The second kappa shape index (κ2) is 8.21. The molecule has 0 spiro atoms. The van der Waals surface area contributed by atoms with Crippen molar-refractivity contribution in [2.45, 2.75) is 49.1 Å². The van der Waals surface area contributed by atoms with Gasteiger partial charge in [0.1, 0.15) is 24.3 Å². The molecule has 2 saturated carbocycles. The third kappa shape index (κ3) is 3.55. The Bertz CT molecular complexity index is 1210. The lowest BCUT2D eigenvalue weighted by molar-refractivity contribution is -0.117. The first kappa shape index (κ1) is 21.8. The molecule has 13 heteroatoms. The van der Waals surface area contributed by atoms with Crippen LogP contribution in [0.15, 0.2) is 30.9 Å². The van der Waals surface area contributed by atoms with Crippen LogP contribution in [0.3, 0.4) is 0 Å². The Morgan fingerprint density at radius 1 is 1.32 bits per heavy atom. The minimum absolute atomic E-state index is 0.0370. The van der Waals surface area contributed by atoms with E-state index >= 15 is 4.39 Å². The highest BCUT2D eigenvalue weighted by atomic mass is 35.5. The summed E-state index contributed by atoms with van der Waals surface area (Å²) in [5, 5.41) is 13.2. The van der Waals surface area contributed by atoms with Gasteiger partial charge in [0.05, 0.1) is 23.5 Å². The number of tetrazole rings is 1. The monoisotopic (exact) mass is 491 g/mol. The van der Waals surface area contributed by atoms with Gasteiger partial charge in [0, 0.05) is 30.6 Å². The third-order valence-corrected chi connectivity index (χ3v) is 7.97. The van der Waals surface area contributed by atoms with Gasteiger partial charge in [0.15, 0.2) is 5.82 Å². The van der Waals surface area contributed by atoms with E-state index in [0.717, 1.165) is 5.56 Å². The summed E-state index contributed by atoms with van der Waals surface area (Å²) in [6, 6.07) is 3.26. The first-order chi connectivity index (χ1) is 16.4. The number of imidazole rings is 1. The number of hydrazine groups is 1. The zero-order valence-corrected chi connectivity index (χ0v) is 19.0. The molecule has 1 saturated heterocycles. The number of hydrogen-bond donors (Lipinski definition) is 3. The van der Waals surface area contributed by atoms with Crippen molar-refractivity contribution in [3.63, 3.8) is 0 Å². The summed E-state index contributed by atoms with van der Waals surface area (Å²) in [6.07, 6.45) is 2.92. The van der Waals surface area contributed by atoms with Gasteiger partial charge in [-0.15, -0.1) is 16.7 Å². The number of rotatable bonds is 5. The van der Waals surface area contributed by atoms with Gasteiger partial charge in [-0.1, -0.05) is 6.07 Å². The molecule has 180 valence electrons. The number of nitrogens with zero attached hydrogens (tertiary/aromatic N) is 6. The summed E-state index contributed by atoms with van der Waals surface area (Å²) in [4.78, 5) is 16.5. The lowest BCUT2D eigenvalue weighted by Crippen LogP contribution is -2.55. The molecule has 4 heterocycles. The number of aromatic nitrogens is 6. The van der Waals surface area contributed by atoms with E-state index in [0.29, 0.717) is 18.0 Å². The molecule has 10 nitrogen and oxygen atoms in total. The molecule has 0 radical (unpaired) electrons. The fourth-order valence-corrected chi connectivity index (χ4v) is 6.05. The Morgan fingerprint density at radius 2 is 2.15 bits per heavy atom. The Kier molecular flexibility index (Phi) is 5.26. The quantitative estimate of drug-likeness (QED) is 0.465. The maximum Gasteiger partial charge on any atom is 0.231 e. The van der Waals surface area contributed by atoms with Crippen LogP contribution in [0.2, 0.25) is 0 Å². The molecule has 2 aliphatic carbocycles. The molecule has 9 atom stereocenters. The van der Waals surface area contributed by atoms with Crippen molar-refractivity contribution in [1.82, 2.24) is 40.4 Å². The predicted octanol–water partition coefficient (Wildman–Crippen LogP) is 1.63. The minimum Gasteiger partial charge on any atom is -0.309 e. The minimum atomic E-state index is -1.31. The van der Waals surface area contributed by atoms with Crippen molar-refractivity contribution < 1.29 is 13.6 Å². The number of nitrogens with one attached hydrogen (secondary N) is 3. The van der Waals surface area contributed by atoms with E-state index in [2.05, 4.69) is 36.7 Å². The number of amides is 1. The van der Waals surface area contributed by atoms with Gasteiger partial charge in [-0.05, 0) is 41.3 Å². The van der Waals surface area contributed by atoms with Crippen molar-refractivity contribution in [1.29, 1.82) is 0 Å². The summed E-state index contributed by atoms with van der Waals surface area (Å²) < 4.78 is 32.4. The molecule has 3 N–H and O–H groups in total. The smallest absolute Gasteiger partial charge is 0.231 e. The van der Waals surface area contributed by atoms with Crippen LogP contribution in [0, 0.1) is 17.8 Å². The predicted molar refractivity (Wildman–Crippen MR) is 119 cm³/mol. The van der Waals surface area contributed by atoms with Gasteiger partial charge >= 0.3 is 0 Å². The summed E-state index contributed by atoms with van der Waals surface area (Å²) in [6.45, 7) is 2.54. The molecule has 3 aromatic heterocycles. The number of hydrogen-bond acceptors (Lipinski definition) is 7. The van der Waals surface area contributed by atoms with E-state index in [1.807, 2.05) is 25.3 Å². The topological polar surface area (TPSA) is 114 Å². The number of carbonyl (C=O) groups is 1. The van der Waals surface area contributed by atoms with Crippen molar-refractivity contribution in [2.75, 3.05) is 11.9 Å². The largest absolute Gasteiger partial charge is 0.309 e. The van der Waals surface area contributed by atoms with Crippen LogP contribution in [-0.4, -0.2) is 65.8 Å². The molecular weight excluding hydrogens is 468 g/mol. The van der Waals surface area contributed by atoms with Gasteiger partial charge < -0.3 is 9.72 Å². The number of anilines is 1. The molecule has 1 amide bonds. The molecule has 34 heavy (non-hydrogen) atoms. The van der Waals surface area contributed by atoms with E-state index in [1.165, 1.54) is 6.33 Å². The van der Waals surface area contributed by atoms with Gasteiger partial charge in [-0.25, -0.2) is 18.4 Å². The first-order valence-corrected chi connectivity index (χ1v) is 11.8.